The number of amides is 1. The highest BCUT2D eigenvalue weighted by atomic mass is 35.5. The Kier molecular flexibility index (Phi) is 8.90. The van der Waals surface area contributed by atoms with Gasteiger partial charge in [-0.15, -0.1) is 24.8 Å². The molecule has 0 spiro atoms. The number of ether oxygens (including phenoxy) is 1. The fourth-order valence-corrected chi connectivity index (χ4v) is 5.04. The number of halogens is 2. The first kappa shape index (κ1) is 26.0. The highest BCUT2D eigenvalue weighted by molar-refractivity contribution is 7.08. The topological polar surface area (TPSA) is 57.7 Å². The SMILES string of the molecule is COC[C@H]1CN[C@H](C)CN1CC(=O)N1CC(C)(C)c2cnc(-c3ccsc3)cc21.Cl.Cl. The van der Waals surface area contributed by atoms with Crippen LogP contribution >= 0.6 is 36.2 Å². The number of aromatic nitrogens is 1. The zero-order valence-corrected chi connectivity index (χ0v) is 20.9. The van der Waals surface area contributed by atoms with Crippen molar-refractivity contribution < 1.29 is 9.53 Å². The number of hydrogen-bond donors (Lipinski definition) is 1. The van der Waals surface area contributed by atoms with Crippen molar-refractivity contribution in [3.8, 4) is 11.3 Å². The minimum Gasteiger partial charge on any atom is -0.383 e. The van der Waals surface area contributed by atoms with E-state index in [2.05, 4.69) is 58.9 Å². The van der Waals surface area contributed by atoms with Gasteiger partial charge in [0.1, 0.15) is 0 Å². The van der Waals surface area contributed by atoms with Crippen molar-refractivity contribution in [3.63, 3.8) is 0 Å². The number of hydrogen-bond acceptors (Lipinski definition) is 6. The van der Waals surface area contributed by atoms with Crippen LogP contribution in [-0.4, -0.2) is 67.8 Å². The fraction of sp³-hybridized carbons (Fsp3) is 0.545. The Hall–Kier alpha value is -1.22. The summed E-state index contributed by atoms with van der Waals surface area (Å²) in [6, 6.07) is 4.74. The molecular weight excluding hydrogens is 455 g/mol. The molecule has 2 aliphatic heterocycles. The number of carbonyl (C=O) groups is 1. The molecule has 0 bridgehead atoms. The number of anilines is 1. The maximum absolute atomic E-state index is 13.4. The standard InChI is InChI=1S/C22H30N4O2S.2ClH/c1-15-10-25(17(8-23-15)12-28-4)11-21(27)26-14-22(2,3)18-9-24-19(7-20(18)26)16-5-6-29-13-16;;/h5-7,9,13,15,17,23H,8,10-12,14H2,1-4H3;2*1H/t15-,17-;;/m1../s1. The van der Waals surface area contributed by atoms with Gasteiger partial charge in [-0.05, 0) is 24.4 Å². The Balaban J connectivity index is 0.00000171. The van der Waals surface area contributed by atoms with E-state index in [1.165, 1.54) is 0 Å². The maximum atomic E-state index is 13.4. The predicted octanol–water partition coefficient (Wildman–Crippen LogP) is 3.59. The van der Waals surface area contributed by atoms with Crippen molar-refractivity contribution in [2.45, 2.75) is 38.3 Å². The minimum atomic E-state index is -0.103. The Morgan fingerprint density at radius 1 is 1.39 bits per heavy atom. The monoisotopic (exact) mass is 486 g/mol. The largest absolute Gasteiger partial charge is 0.383 e. The fourth-order valence-electron chi connectivity index (χ4n) is 4.39. The molecule has 1 N–H and O–H groups in total. The molecule has 172 valence electrons. The summed E-state index contributed by atoms with van der Waals surface area (Å²) in [5.74, 6) is 0.148. The summed E-state index contributed by atoms with van der Waals surface area (Å²) in [5.41, 5.74) is 4.07. The van der Waals surface area contributed by atoms with Gasteiger partial charge >= 0.3 is 0 Å². The maximum Gasteiger partial charge on any atom is 0.241 e. The van der Waals surface area contributed by atoms with E-state index in [0.29, 0.717) is 25.7 Å². The summed E-state index contributed by atoms with van der Waals surface area (Å²) in [6.07, 6.45) is 1.95. The number of thiophene rings is 1. The molecule has 2 aromatic rings. The van der Waals surface area contributed by atoms with E-state index < -0.39 is 0 Å². The molecular formula is C22H32Cl2N4O2S. The molecule has 0 radical (unpaired) electrons. The van der Waals surface area contributed by atoms with Gasteiger partial charge < -0.3 is 15.0 Å². The molecule has 1 fully saturated rings. The summed E-state index contributed by atoms with van der Waals surface area (Å²) in [7, 11) is 1.72. The number of methoxy groups -OCH3 is 1. The highest BCUT2D eigenvalue weighted by Gasteiger charge is 2.39. The lowest BCUT2D eigenvalue weighted by atomic mass is 9.88. The summed E-state index contributed by atoms with van der Waals surface area (Å²) >= 11 is 1.66. The molecule has 0 unspecified atom stereocenters. The summed E-state index contributed by atoms with van der Waals surface area (Å²) in [6.45, 7) is 9.95. The van der Waals surface area contributed by atoms with Gasteiger partial charge in [-0.2, -0.15) is 11.3 Å². The smallest absolute Gasteiger partial charge is 0.241 e. The van der Waals surface area contributed by atoms with Crippen LogP contribution in [0.1, 0.15) is 26.3 Å². The third kappa shape index (κ3) is 5.41. The van der Waals surface area contributed by atoms with Crippen molar-refractivity contribution in [1.82, 2.24) is 15.2 Å². The molecule has 2 aromatic heterocycles. The second-order valence-electron chi connectivity index (χ2n) is 8.81. The lowest BCUT2D eigenvalue weighted by molar-refractivity contribution is -0.121. The average Bonchev–Trinajstić information content (AvgIpc) is 3.30. The summed E-state index contributed by atoms with van der Waals surface area (Å²) < 4.78 is 5.39. The van der Waals surface area contributed by atoms with Crippen LogP contribution in [0.25, 0.3) is 11.3 Å². The van der Waals surface area contributed by atoms with E-state index >= 15 is 0 Å². The van der Waals surface area contributed by atoms with Gasteiger partial charge in [-0.25, -0.2) is 0 Å². The number of rotatable bonds is 5. The molecule has 4 heterocycles. The van der Waals surface area contributed by atoms with Crippen molar-refractivity contribution >= 4 is 47.7 Å². The zero-order chi connectivity index (χ0) is 20.6. The molecule has 31 heavy (non-hydrogen) atoms. The number of piperazine rings is 1. The Bertz CT molecular complexity index is 878. The average molecular weight is 487 g/mol. The van der Waals surface area contributed by atoms with Crippen LogP contribution in [-0.2, 0) is 14.9 Å². The van der Waals surface area contributed by atoms with Crippen LogP contribution < -0.4 is 10.2 Å². The Labute approximate surface area is 201 Å². The highest BCUT2D eigenvalue weighted by Crippen LogP contribution is 2.41. The Morgan fingerprint density at radius 3 is 2.84 bits per heavy atom. The van der Waals surface area contributed by atoms with Gasteiger partial charge in [-0.1, -0.05) is 13.8 Å². The first-order chi connectivity index (χ1) is 13.9. The number of carbonyl (C=O) groups excluding carboxylic acids is 1. The molecule has 1 amide bonds. The van der Waals surface area contributed by atoms with Gasteiger partial charge in [0.05, 0.1) is 24.5 Å². The van der Waals surface area contributed by atoms with E-state index in [-0.39, 0.29) is 42.2 Å². The molecule has 0 aromatic carbocycles. The summed E-state index contributed by atoms with van der Waals surface area (Å²) in [4.78, 5) is 22.3. The molecule has 2 atom stereocenters. The molecule has 4 rings (SSSR count). The Morgan fingerprint density at radius 2 is 2.16 bits per heavy atom. The molecule has 9 heteroatoms. The second kappa shape index (κ2) is 10.6. The quantitative estimate of drug-likeness (QED) is 0.699. The van der Waals surface area contributed by atoms with E-state index in [9.17, 15) is 4.79 Å². The van der Waals surface area contributed by atoms with Crippen LogP contribution in [0.2, 0.25) is 0 Å². The second-order valence-corrected chi connectivity index (χ2v) is 9.59. The van der Waals surface area contributed by atoms with Gasteiger partial charge in [0.2, 0.25) is 5.91 Å². The van der Waals surface area contributed by atoms with Crippen LogP contribution in [0.4, 0.5) is 5.69 Å². The molecule has 1 saturated heterocycles. The number of fused-ring (bicyclic) bond motifs is 1. The molecule has 2 aliphatic rings. The van der Waals surface area contributed by atoms with Gasteiger partial charge in [0.25, 0.3) is 0 Å². The molecule has 6 nitrogen and oxygen atoms in total. The van der Waals surface area contributed by atoms with Crippen LogP contribution in [0.15, 0.2) is 29.1 Å². The number of nitrogens with zero attached hydrogens (tertiary/aromatic N) is 3. The van der Waals surface area contributed by atoms with E-state index in [1.54, 1.807) is 18.4 Å². The normalized spacial score (nSPS) is 22.4. The van der Waals surface area contributed by atoms with E-state index in [1.807, 2.05) is 11.1 Å². The van der Waals surface area contributed by atoms with Gasteiger partial charge in [0, 0.05) is 66.9 Å². The van der Waals surface area contributed by atoms with Crippen LogP contribution in [0, 0.1) is 0 Å². The molecule has 0 aliphatic carbocycles. The summed E-state index contributed by atoms with van der Waals surface area (Å²) in [5, 5.41) is 7.64. The van der Waals surface area contributed by atoms with Gasteiger partial charge in [0.15, 0.2) is 0 Å². The van der Waals surface area contributed by atoms with E-state index in [0.717, 1.165) is 35.6 Å². The third-order valence-corrected chi connectivity index (χ3v) is 6.68. The van der Waals surface area contributed by atoms with Crippen molar-refractivity contribution in [2.75, 3.05) is 44.8 Å². The number of pyridine rings is 1. The predicted molar refractivity (Wildman–Crippen MR) is 132 cm³/mol. The van der Waals surface area contributed by atoms with Crippen LogP contribution in [0.3, 0.4) is 0 Å². The first-order valence-electron chi connectivity index (χ1n) is 10.2. The minimum absolute atomic E-state index is 0. The van der Waals surface area contributed by atoms with Crippen molar-refractivity contribution in [2.24, 2.45) is 0 Å². The first-order valence-corrected chi connectivity index (χ1v) is 11.1. The van der Waals surface area contributed by atoms with Gasteiger partial charge in [-0.3, -0.25) is 14.7 Å². The number of nitrogens with one attached hydrogen (secondary N) is 1. The third-order valence-electron chi connectivity index (χ3n) is 6.00. The zero-order valence-electron chi connectivity index (χ0n) is 18.5. The van der Waals surface area contributed by atoms with Crippen molar-refractivity contribution in [1.29, 1.82) is 0 Å². The van der Waals surface area contributed by atoms with E-state index in [4.69, 9.17) is 4.74 Å². The van der Waals surface area contributed by atoms with Crippen molar-refractivity contribution in [3.05, 3.63) is 34.7 Å². The lowest BCUT2D eigenvalue weighted by Crippen LogP contribution is -2.59. The van der Waals surface area contributed by atoms with Crippen LogP contribution in [0.5, 0.6) is 0 Å². The lowest BCUT2D eigenvalue weighted by Gasteiger charge is -2.39. The molecule has 0 saturated carbocycles.